The van der Waals surface area contributed by atoms with E-state index in [2.05, 4.69) is 15.3 Å². The predicted molar refractivity (Wildman–Crippen MR) is 83.8 cm³/mol. The lowest BCUT2D eigenvalue weighted by atomic mass is 10.3. The number of aromatic nitrogens is 3. The molecule has 3 rings (SSSR count). The van der Waals surface area contributed by atoms with E-state index in [0.29, 0.717) is 5.02 Å². The normalized spacial score (nSPS) is 10.7. The van der Waals surface area contributed by atoms with Crippen LogP contribution in [0.5, 0.6) is 0 Å². The van der Waals surface area contributed by atoms with Crippen LogP contribution >= 0.6 is 23.4 Å². The maximum Gasteiger partial charge on any atom is 0.234 e. The Hall–Kier alpha value is -2.05. The molecule has 7 heteroatoms. The SMILES string of the molecule is O=C(CSc1nccn2ccnc12)Nc1ccc(Cl)cc1. The molecule has 1 N–H and O–H groups in total. The lowest BCUT2D eigenvalue weighted by molar-refractivity contribution is -0.113. The zero-order valence-corrected chi connectivity index (χ0v) is 12.4. The van der Waals surface area contributed by atoms with Crippen LogP contribution < -0.4 is 5.32 Å². The summed E-state index contributed by atoms with van der Waals surface area (Å²) in [7, 11) is 0. The van der Waals surface area contributed by atoms with Crippen LogP contribution in [0.1, 0.15) is 0 Å². The van der Waals surface area contributed by atoms with Crippen LogP contribution in [0.25, 0.3) is 5.65 Å². The summed E-state index contributed by atoms with van der Waals surface area (Å²) in [6.45, 7) is 0. The molecule has 0 radical (unpaired) electrons. The van der Waals surface area contributed by atoms with E-state index in [1.165, 1.54) is 11.8 Å². The van der Waals surface area contributed by atoms with Gasteiger partial charge in [0.2, 0.25) is 5.91 Å². The second-order valence-electron chi connectivity index (χ2n) is 4.23. The second-order valence-corrected chi connectivity index (χ2v) is 5.63. The number of nitrogens with zero attached hydrogens (tertiary/aromatic N) is 3. The number of hydrogen-bond donors (Lipinski definition) is 1. The Morgan fingerprint density at radius 3 is 2.67 bits per heavy atom. The van der Waals surface area contributed by atoms with Gasteiger partial charge in [-0.2, -0.15) is 0 Å². The first kappa shape index (κ1) is 13.9. The molecule has 0 aliphatic rings. The third-order valence-electron chi connectivity index (χ3n) is 2.75. The van der Waals surface area contributed by atoms with Crippen LogP contribution in [0.3, 0.4) is 0 Å². The van der Waals surface area contributed by atoms with E-state index in [9.17, 15) is 4.79 Å². The van der Waals surface area contributed by atoms with E-state index in [1.54, 1.807) is 36.7 Å². The van der Waals surface area contributed by atoms with Crippen molar-refractivity contribution in [3.8, 4) is 0 Å². The number of carbonyl (C=O) groups excluding carboxylic acids is 1. The minimum absolute atomic E-state index is 0.0994. The molecule has 1 amide bonds. The van der Waals surface area contributed by atoms with Crippen molar-refractivity contribution in [3.05, 3.63) is 54.1 Å². The molecule has 0 bridgehead atoms. The summed E-state index contributed by atoms with van der Waals surface area (Å²) in [5, 5.41) is 4.17. The Morgan fingerprint density at radius 2 is 1.90 bits per heavy atom. The lowest BCUT2D eigenvalue weighted by Crippen LogP contribution is -2.14. The molecule has 2 heterocycles. The van der Waals surface area contributed by atoms with E-state index < -0.39 is 0 Å². The first-order valence-electron chi connectivity index (χ1n) is 6.18. The Bertz CT molecular complexity index is 772. The molecule has 0 atom stereocenters. The molecule has 0 fully saturated rings. The first-order chi connectivity index (χ1) is 10.2. The maximum absolute atomic E-state index is 11.9. The van der Waals surface area contributed by atoms with Crippen molar-refractivity contribution in [2.24, 2.45) is 0 Å². The zero-order valence-electron chi connectivity index (χ0n) is 10.9. The fourth-order valence-corrected chi connectivity index (χ4v) is 2.68. The smallest absolute Gasteiger partial charge is 0.234 e. The largest absolute Gasteiger partial charge is 0.325 e. The molecule has 1 aromatic carbocycles. The van der Waals surface area contributed by atoms with Gasteiger partial charge in [0.05, 0.1) is 5.75 Å². The summed E-state index contributed by atoms with van der Waals surface area (Å²) in [4.78, 5) is 20.4. The Labute approximate surface area is 130 Å². The van der Waals surface area contributed by atoms with Gasteiger partial charge in [-0.15, -0.1) is 0 Å². The Morgan fingerprint density at radius 1 is 1.19 bits per heavy atom. The van der Waals surface area contributed by atoms with Crippen LogP contribution in [0.2, 0.25) is 5.02 Å². The standard InChI is InChI=1S/C14H11ClN4OS/c15-10-1-3-11(4-2-10)18-12(20)9-21-14-13-16-5-7-19(13)8-6-17-14/h1-8H,9H2,(H,18,20). The Balaban J connectivity index is 1.63. The van der Waals surface area contributed by atoms with Gasteiger partial charge < -0.3 is 9.72 Å². The van der Waals surface area contributed by atoms with Crippen molar-refractivity contribution in [2.75, 3.05) is 11.1 Å². The van der Waals surface area contributed by atoms with Crippen LogP contribution in [-0.2, 0) is 4.79 Å². The molecule has 0 saturated heterocycles. The molecule has 0 spiro atoms. The van der Waals surface area contributed by atoms with Gasteiger partial charge in [0, 0.05) is 35.5 Å². The van der Waals surface area contributed by atoms with Gasteiger partial charge in [-0.1, -0.05) is 23.4 Å². The molecule has 5 nitrogen and oxygen atoms in total. The number of halogens is 1. The number of nitrogens with one attached hydrogen (secondary N) is 1. The molecule has 0 saturated carbocycles. The summed E-state index contributed by atoms with van der Waals surface area (Å²) in [5.74, 6) is 0.167. The van der Waals surface area contributed by atoms with E-state index in [-0.39, 0.29) is 11.7 Å². The highest BCUT2D eigenvalue weighted by Crippen LogP contribution is 2.20. The van der Waals surface area contributed by atoms with E-state index in [0.717, 1.165) is 16.4 Å². The predicted octanol–water partition coefficient (Wildman–Crippen LogP) is 3.11. The number of benzene rings is 1. The van der Waals surface area contributed by atoms with Crippen LogP contribution in [0, 0.1) is 0 Å². The lowest BCUT2D eigenvalue weighted by Gasteiger charge is -2.05. The average Bonchev–Trinajstić information content (AvgIpc) is 2.96. The number of imidazole rings is 1. The molecular formula is C14H11ClN4OS. The highest BCUT2D eigenvalue weighted by Gasteiger charge is 2.08. The van der Waals surface area contributed by atoms with Crippen molar-refractivity contribution >= 4 is 40.6 Å². The number of rotatable bonds is 4. The molecule has 2 aromatic heterocycles. The second kappa shape index (κ2) is 6.15. The van der Waals surface area contributed by atoms with E-state index in [1.807, 2.05) is 16.8 Å². The monoisotopic (exact) mass is 318 g/mol. The summed E-state index contributed by atoms with van der Waals surface area (Å²) in [5.41, 5.74) is 1.47. The molecular weight excluding hydrogens is 308 g/mol. The number of thioether (sulfide) groups is 1. The van der Waals surface area contributed by atoms with Gasteiger partial charge in [-0.25, -0.2) is 9.97 Å². The van der Waals surface area contributed by atoms with Gasteiger partial charge in [-0.05, 0) is 24.3 Å². The van der Waals surface area contributed by atoms with Gasteiger partial charge in [0.25, 0.3) is 0 Å². The molecule has 21 heavy (non-hydrogen) atoms. The van der Waals surface area contributed by atoms with Crippen molar-refractivity contribution < 1.29 is 4.79 Å². The fraction of sp³-hybridized carbons (Fsp3) is 0.0714. The van der Waals surface area contributed by atoms with Crippen molar-refractivity contribution in [3.63, 3.8) is 0 Å². The van der Waals surface area contributed by atoms with Crippen LogP contribution in [0.15, 0.2) is 54.1 Å². The van der Waals surface area contributed by atoms with Crippen molar-refractivity contribution in [1.82, 2.24) is 14.4 Å². The highest BCUT2D eigenvalue weighted by molar-refractivity contribution is 8.00. The summed E-state index contributed by atoms with van der Waals surface area (Å²) >= 11 is 7.15. The van der Waals surface area contributed by atoms with Gasteiger partial charge in [0.1, 0.15) is 5.03 Å². The third kappa shape index (κ3) is 3.34. The quantitative estimate of drug-likeness (QED) is 0.751. The van der Waals surface area contributed by atoms with Crippen LogP contribution in [-0.4, -0.2) is 26.0 Å². The van der Waals surface area contributed by atoms with Crippen molar-refractivity contribution in [2.45, 2.75) is 5.03 Å². The van der Waals surface area contributed by atoms with E-state index in [4.69, 9.17) is 11.6 Å². The number of anilines is 1. The molecule has 3 aromatic rings. The number of fused-ring (bicyclic) bond motifs is 1. The molecule has 0 unspecified atom stereocenters. The number of hydrogen-bond acceptors (Lipinski definition) is 4. The minimum Gasteiger partial charge on any atom is -0.325 e. The van der Waals surface area contributed by atoms with Crippen LogP contribution in [0.4, 0.5) is 5.69 Å². The summed E-state index contributed by atoms with van der Waals surface area (Å²) in [6.07, 6.45) is 7.05. The summed E-state index contributed by atoms with van der Waals surface area (Å²) < 4.78 is 1.87. The maximum atomic E-state index is 11.9. The minimum atomic E-state index is -0.0994. The van der Waals surface area contributed by atoms with Gasteiger partial charge in [-0.3, -0.25) is 4.79 Å². The van der Waals surface area contributed by atoms with Gasteiger partial charge >= 0.3 is 0 Å². The number of carbonyl (C=O) groups is 1. The first-order valence-corrected chi connectivity index (χ1v) is 7.54. The highest BCUT2D eigenvalue weighted by atomic mass is 35.5. The molecule has 0 aliphatic heterocycles. The summed E-state index contributed by atoms with van der Waals surface area (Å²) in [6, 6.07) is 6.99. The molecule has 106 valence electrons. The van der Waals surface area contributed by atoms with E-state index >= 15 is 0 Å². The number of amides is 1. The average molecular weight is 319 g/mol. The van der Waals surface area contributed by atoms with Gasteiger partial charge in [0.15, 0.2) is 5.65 Å². The van der Waals surface area contributed by atoms with Crippen molar-refractivity contribution in [1.29, 1.82) is 0 Å². The Kier molecular flexibility index (Phi) is 4.08. The third-order valence-corrected chi connectivity index (χ3v) is 3.97. The topological polar surface area (TPSA) is 59.3 Å². The fourth-order valence-electron chi connectivity index (χ4n) is 1.80. The zero-order chi connectivity index (χ0) is 14.7. The molecule has 0 aliphatic carbocycles.